The molecule has 1 saturated heterocycles. The molecule has 0 aromatic heterocycles. The lowest BCUT2D eigenvalue weighted by molar-refractivity contribution is -0.123. The Bertz CT molecular complexity index is 451. The highest BCUT2D eigenvalue weighted by Gasteiger charge is 2.38. The zero-order chi connectivity index (χ0) is 13.9. The summed E-state index contributed by atoms with van der Waals surface area (Å²) in [5.74, 6) is 0.877. The molecule has 2 aliphatic rings. The summed E-state index contributed by atoms with van der Waals surface area (Å²) in [5.41, 5.74) is 1.16. The number of carbonyl (C=O) groups excluding carboxylic acids is 1. The van der Waals surface area contributed by atoms with E-state index in [4.69, 9.17) is 0 Å². The van der Waals surface area contributed by atoms with Gasteiger partial charge in [-0.25, -0.2) is 0 Å². The smallest absolute Gasteiger partial charge is 0.237 e. The average Bonchev–Trinajstić information content (AvgIpc) is 2.92. The first kappa shape index (κ1) is 16.3. The lowest BCUT2D eigenvalue weighted by Gasteiger charge is -2.24. The molecule has 0 radical (unpaired) electrons. The van der Waals surface area contributed by atoms with Crippen LogP contribution in [0.2, 0.25) is 0 Å². The van der Waals surface area contributed by atoms with Crippen molar-refractivity contribution in [2.75, 3.05) is 0 Å². The normalized spacial score (nSPS) is 29.1. The first-order valence-electron chi connectivity index (χ1n) is 7.85. The molecule has 4 heteroatoms. The van der Waals surface area contributed by atoms with Crippen molar-refractivity contribution >= 4 is 18.3 Å². The van der Waals surface area contributed by atoms with E-state index in [0.29, 0.717) is 12.0 Å². The number of hydrogen-bond acceptors (Lipinski definition) is 2. The predicted octanol–water partition coefficient (Wildman–Crippen LogP) is 3.21. The Morgan fingerprint density at radius 2 is 1.95 bits per heavy atom. The average molecular weight is 309 g/mol. The van der Waals surface area contributed by atoms with E-state index < -0.39 is 0 Å². The third-order valence-electron chi connectivity index (χ3n) is 4.84. The lowest BCUT2D eigenvalue weighted by Crippen LogP contribution is -2.43. The molecule has 4 atom stereocenters. The number of rotatable bonds is 3. The van der Waals surface area contributed by atoms with Gasteiger partial charge in [0.25, 0.3) is 0 Å². The second-order valence-corrected chi connectivity index (χ2v) is 6.25. The topological polar surface area (TPSA) is 41.1 Å². The highest BCUT2D eigenvalue weighted by Crippen LogP contribution is 2.33. The van der Waals surface area contributed by atoms with E-state index in [-0.39, 0.29) is 30.4 Å². The van der Waals surface area contributed by atoms with Crippen LogP contribution in [-0.2, 0) is 4.79 Å². The summed E-state index contributed by atoms with van der Waals surface area (Å²) in [6.45, 7) is 2.05. The maximum absolute atomic E-state index is 12.4. The molecular weight excluding hydrogens is 284 g/mol. The summed E-state index contributed by atoms with van der Waals surface area (Å²) < 4.78 is 0. The minimum atomic E-state index is 0. The number of benzene rings is 1. The van der Waals surface area contributed by atoms with Crippen LogP contribution in [0.4, 0.5) is 0 Å². The molecule has 3 nitrogen and oxygen atoms in total. The van der Waals surface area contributed by atoms with Crippen LogP contribution >= 0.6 is 12.4 Å². The SMILES string of the molecule is CC(NC(=O)C1CC2CCCCC2N1)c1ccccc1.Cl. The highest BCUT2D eigenvalue weighted by molar-refractivity contribution is 5.85. The van der Waals surface area contributed by atoms with Crippen molar-refractivity contribution in [3.05, 3.63) is 35.9 Å². The van der Waals surface area contributed by atoms with Crippen LogP contribution in [0.5, 0.6) is 0 Å². The molecule has 2 fully saturated rings. The van der Waals surface area contributed by atoms with Gasteiger partial charge in [0.15, 0.2) is 0 Å². The summed E-state index contributed by atoms with van der Waals surface area (Å²) in [5, 5.41) is 6.68. The van der Waals surface area contributed by atoms with Crippen molar-refractivity contribution in [1.82, 2.24) is 10.6 Å². The number of amides is 1. The van der Waals surface area contributed by atoms with Crippen LogP contribution in [-0.4, -0.2) is 18.0 Å². The largest absolute Gasteiger partial charge is 0.348 e. The molecule has 21 heavy (non-hydrogen) atoms. The van der Waals surface area contributed by atoms with Crippen molar-refractivity contribution in [2.24, 2.45) is 5.92 Å². The summed E-state index contributed by atoms with van der Waals surface area (Å²) in [4.78, 5) is 12.4. The number of fused-ring (bicyclic) bond motifs is 1. The van der Waals surface area contributed by atoms with Crippen LogP contribution < -0.4 is 10.6 Å². The van der Waals surface area contributed by atoms with Gasteiger partial charge in [-0.15, -0.1) is 12.4 Å². The van der Waals surface area contributed by atoms with E-state index in [1.54, 1.807) is 0 Å². The summed E-state index contributed by atoms with van der Waals surface area (Å²) >= 11 is 0. The molecule has 1 aromatic rings. The van der Waals surface area contributed by atoms with Gasteiger partial charge in [-0.05, 0) is 37.7 Å². The number of carbonyl (C=O) groups is 1. The van der Waals surface area contributed by atoms with Crippen LogP contribution in [0.1, 0.15) is 50.6 Å². The molecule has 1 amide bonds. The molecule has 3 rings (SSSR count). The van der Waals surface area contributed by atoms with E-state index in [2.05, 4.69) is 29.7 Å². The molecule has 1 aliphatic carbocycles. The van der Waals surface area contributed by atoms with Crippen molar-refractivity contribution in [1.29, 1.82) is 0 Å². The van der Waals surface area contributed by atoms with Gasteiger partial charge >= 0.3 is 0 Å². The van der Waals surface area contributed by atoms with Gasteiger partial charge in [-0.1, -0.05) is 43.2 Å². The highest BCUT2D eigenvalue weighted by atomic mass is 35.5. The number of nitrogens with one attached hydrogen (secondary N) is 2. The molecule has 0 bridgehead atoms. The van der Waals surface area contributed by atoms with E-state index in [1.165, 1.54) is 25.7 Å². The first-order valence-corrected chi connectivity index (χ1v) is 7.85. The standard InChI is InChI=1S/C17H24N2O.ClH/c1-12(13-7-3-2-4-8-13)18-17(20)16-11-14-9-5-6-10-15(14)19-16;/h2-4,7-8,12,14-16,19H,5-6,9-11H2,1H3,(H,18,20);1H. The van der Waals surface area contributed by atoms with Crippen LogP contribution in [0, 0.1) is 5.92 Å². The maximum Gasteiger partial charge on any atom is 0.237 e. The van der Waals surface area contributed by atoms with Crippen molar-refractivity contribution in [2.45, 2.75) is 57.2 Å². The minimum absolute atomic E-state index is 0. The Balaban J connectivity index is 0.00000161. The molecule has 0 spiro atoms. The quantitative estimate of drug-likeness (QED) is 0.900. The zero-order valence-electron chi connectivity index (χ0n) is 12.5. The van der Waals surface area contributed by atoms with E-state index in [0.717, 1.165) is 12.0 Å². The Morgan fingerprint density at radius 1 is 1.24 bits per heavy atom. The van der Waals surface area contributed by atoms with E-state index in [9.17, 15) is 4.79 Å². The number of hydrogen-bond donors (Lipinski definition) is 2. The third-order valence-corrected chi connectivity index (χ3v) is 4.84. The lowest BCUT2D eigenvalue weighted by atomic mass is 9.85. The maximum atomic E-state index is 12.4. The molecule has 116 valence electrons. The Labute approximate surface area is 133 Å². The Morgan fingerprint density at radius 3 is 2.67 bits per heavy atom. The fourth-order valence-electron chi connectivity index (χ4n) is 3.66. The monoisotopic (exact) mass is 308 g/mol. The fraction of sp³-hybridized carbons (Fsp3) is 0.588. The van der Waals surface area contributed by atoms with Crippen LogP contribution in [0.3, 0.4) is 0 Å². The molecule has 1 heterocycles. The summed E-state index contributed by atoms with van der Waals surface area (Å²) in [7, 11) is 0. The van der Waals surface area contributed by atoms with E-state index >= 15 is 0 Å². The van der Waals surface area contributed by atoms with E-state index in [1.807, 2.05) is 18.2 Å². The molecule has 1 aliphatic heterocycles. The Hall–Kier alpha value is -1.06. The van der Waals surface area contributed by atoms with Gasteiger partial charge in [0.1, 0.15) is 0 Å². The summed E-state index contributed by atoms with van der Waals surface area (Å²) in [6.07, 6.45) is 6.18. The van der Waals surface area contributed by atoms with Crippen LogP contribution in [0.15, 0.2) is 30.3 Å². The second-order valence-electron chi connectivity index (χ2n) is 6.25. The van der Waals surface area contributed by atoms with Gasteiger partial charge in [-0.2, -0.15) is 0 Å². The van der Waals surface area contributed by atoms with Gasteiger partial charge < -0.3 is 10.6 Å². The second kappa shape index (κ2) is 7.28. The predicted molar refractivity (Wildman–Crippen MR) is 87.5 cm³/mol. The molecule has 1 aromatic carbocycles. The fourth-order valence-corrected chi connectivity index (χ4v) is 3.66. The van der Waals surface area contributed by atoms with Gasteiger partial charge in [0.2, 0.25) is 5.91 Å². The molecule has 1 saturated carbocycles. The van der Waals surface area contributed by atoms with Gasteiger partial charge in [0, 0.05) is 6.04 Å². The first-order chi connectivity index (χ1) is 9.74. The number of halogens is 1. The van der Waals surface area contributed by atoms with Gasteiger partial charge in [-0.3, -0.25) is 4.79 Å². The van der Waals surface area contributed by atoms with Gasteiger partial charge in [0.05, 0.1) is 12.1 Å². The molecule has 2 N–H and O–H groups in total. The minimum Gasteiger partial charge on any atom is -0.348 e. The zero-order valence-corrected chi connectivity index (χ0v) is 13.4. The third kappa shape index (κ3) is 3.78. The molecule has 4 unspecified atom stereocenters. The van der Waals surface area contributed by atoms with Crippen LogP contribution in [0.25, 0.3) is 0 Å². The van der Waals surface area contributed by atoms with Crippen molar-refractivity contribution in [3.63, 3.8) is 0 Å². The van der Waals surface area contributed by atoms with Crippen molar-refractivity contribution < 1.29 is 4.79 Å². The molecular formula is C17H25ClN2O. The Kier molecular flexibility index (Phi) is 5.65. The summed E-state index contributed by atoms with van der Waals surface area (Å²) in [6, 6.07) is 10.8. The van der Waals surface area contributed by atoms with Crippen molar-refractivity contribution in [3.8, 4) is 0 Å².